The Balaban J connectivity index is 1.29. The summed E-state index contributed by atoms with van der Waals surface area (Å²) in [6.45, 7) is 0.985. The van der Waals surface area contributed by atoms with Crippen LogP contribution in [0.4, 0.5) is 0 Å². The largest absolute Gasteiger partial charge is 0.497 e. The van der Waals surface area contributed by atoms with Crippen molar-refractivity contribution >= 4 is 5.91 Å². The average Bonchev–Trinajstić information content (AvgIpc) is 3.27. The number of hydrogen-bond donors (Lipinski definition) is 1. The lowest BCUT2D eigenvalue weighted by molar-refractivity contribution is -0.121. The fraction of sp³-hybridized carbons (Fsp3) is 0.261. The molecule has 31 heavy (non-hydrogen) atoms. The summed E-state index contributed by atoms with van der Waals surface area (Å²) in [7, 11) is 1.61. The highest BCUT2D eigenvalue weighted by Gasteiger charge is 2.13. The number of hydrogen-bond acceptors (Lipinski definition) is 6. The maximum absolute atomic E-state index is 12.2. The summed E-state index contributed by atoms with van der Waals surface area (Å²) in [5.74, 6) is 2.07. The van der Waals surface area contributed by atoms with Crippen LogP contribution in [0.3, 0.4) is 0 Å². The van der Waals surface area contributed by atoms with Crippen molar-refractivity contribution in [1.29, 1.82) is 0 Å². The minimum Gasteiger partial charge on any atom is -0.497 e. The Labute approximate surface area is 179 Å². The molecule has 0 spiro atoms. The van der Waals surface area contributed by atoms with Crippen LogP contribution >= 0.6 is 0 Å². The molecule has 0 saturated carbocycles. The number of amides is 1. The van der Waals surface area contributed by atoms with Crippen molar-refractivity contribution in [1.82, 2.24) is 15.1 Å². The number of carbonyl (C=O) groups excluding carboxylic acids is 1. The Morgan fingerprint density at radius 1 is 1.10 bits per heavy atom. The first-order valence-corrected chi connectivity index (χ1v) is 10.0. The van der Waals surface area contributed by atoms with Crippen molar-refractivity contribution in [2.75, 3.05) is 13.9 Å². The van der Waals surface area contributed by atoms with E-state index < -0.39 is 0 Å². The van der Waals surface area contributed by atoms with Crippen LogP contribution in [0.1, 0.15) is 18.4 Å². The van der Waals surface area contributed by atoms with Crippen LogP contribution in [0.2, 0.25) is 0 Å². The molecule has 0 atom stereocenters. The van der Waals surface area contributed by atoms with Crippen LogP contribution in [0.5, 0.6) is 17.2 Å². The number of rotatable bonds is 8. The van der Waals surface area contributed by atoms with Crippen molar-refractivity contribution < 1.29 is 19.0 Å². The zero-order chi connectivity index (χ0) is 21.6. The van der Waals surface area contributed by atoms with E-state index in [2.05, 4.69) is 10.4 Å². The predicted molar refractivity (Wildman–Crippen MR) is 114 cm³/mol. The Morgan fingerprint density at radius 2 is 1.90 bits per heavy atom. The monoisotopic (exact) mass is 421 g/mol. The molecule has 1 amide bonds. The topological polar surface area (TPSA) is 91.7 Å². The minimum absolute atomic E-state index is 0.0861. The number of aromatic nitrogens is 2. The van der Waals surface area contributed by atoms with Gasteiger partial charge in [0.25, 0.3) is 5.56 Å². The third-order valence-corrected chi connectivity index (χ3v) is 4.95. The van der Waals surface area contributed by atoms with Gasteiger partial charge in [-0.1, -0.05) is 6.07 Å². The number of benzene rings is 2. The second kappa shape index (κ2) is 9.34. The van der Waals surface area contributed by atoms with E-state index in [1.807, 2.05) is 42.5 Å². The fourth-order valence-electron chi connectivity index (χ4n) is 3.25. The molecule has 8 heteroatoms. The van der Waals surface area contributed by atoms with Gasteiger partial charge < -0.3 is 19.5 Å². The first kappa shape index (κ1) is 20.5. The highest BCUT2D eigenvalue weighted by Crippen LogP contribution is 2.32. The molecule has 0 fully saturated rings. The molecule has 1 aromatic heterocycles. The Morgan fingerprint density at radius 3 is 2.71 bits per heavy atom. The number of ether oxygens (including phenoxy) is 3. The van der Waals surface area contributed by atoms with E-state index in [0.29, 0.717) is 43.1 Å². The lowest BCUT2D eigenvalue weighted by Crippen LogP contribution is -2.25. The molecule has 3 aromatic rings. The first-order valence-electron chi connectivity index (χ1n) is 10.0. The van der Waals surface area contributed by atoms with Gasteiger partial charge in [0.1, 0.15) is 5.75 Å². The van der Waals surface area contributed by atoms with Crippen LogP contribution in [-0.2, 0) is 17.9 Å². The van der Waals surface area contributed by atoms with E-state index in [4.69, 9.17) is 14.2 Å². The maximum atomic E-state index is 12.2. The van der Waals surface area contributed by atoms with E-state index in [1.54, 1.807) is 13.2 Å². The molecule has 1 N–H and O–H groups in total. The van der Waals surface area contributed by atoms with Crippen molar-refractivity contribution in [3.8, 4) is 28.5 Å². The molecule has 0 aliphatic carbocycles. The third kappa shape index (κ3) is 5.03. The minimum atomic E-state index is -0.196. The molecule has 0 radical (unpaired) electrons. The lowest BCUT2D eigenvalue weighted by Gasteiger charge is -2.09. The van der Waals surface area contributed by atoms with Gasteiger partial charge in [0.05, 0.1) is 12.8 Å². The molecule has 0 bridgehead atoms. The number of carbonyl (C=O) groups is 1. The van der Waals surface area contributed by atoms with Crippen molar-refractivity contribution in [3.63, 3.8) is 0 Å². The molecule has 160 valence electrons. The van der Waals surface area contributed by atoms with Crippen molar-refractivity contribution in [3.05, 3.63) is 70.5 Å². The number of fused-ring (bicyclic) bond motifs is 1. The summed E-state index contributed by atoms with van der Waals surface area (Å²) in [4.78, 5) is 24.3. The maximum Gasteiger partial charge on any atom is 0.266 e. The molecule has 8 nitrogen and oxygen atoms in total. The van der Waals surface area contributed by atoms with Crippen LogP contribution in [0.25, 0.3) is 11.3 Å². The smallest absolute Gasteiger partial charge is 0.266 e. The van der Waals surface area contributed by atoms with E-state index in [9.17, 15) is 9.59 Å². The molecule has 1 aliphatic heterocycles. The quantitative estimate of drug-likeness (QED) is 0.601. The summed E-state index contributed by atoms with van der Waals surface area (Å²) in [6, 6.07) is 16.2. The van der Waals surface area contributed by atoms with Gasteiger partial charge in [-0.15, -0.1) is 0 Å². The van der Waals surface area contributed by atoms with Crippen LogP contribution < -0.4 is 25.1 Å². The molecule has 4 rings (SSSR count). The zero-order valence-corrected chi connectivity index (χ0v) is 17.2. The van der Waals surface area contributed by atoms with Gasteiger partial charge in [-0.05, 0) is 54.4 Å². The standard InChI is InChI=1S/C23H23N3O5/c1-29-18-7-5-17(6-8-18)19-9-11-23(28)26(25-19)12-2-3-22(27)24-14-16-4-10-20-21(13-16)31-15-30-20/h4-11,13H,2-3,12,14-15H2,1H3,(H,24,27). The van der Waals surface area contributed by atoms with Gasteiger partial charge in [0.15, 0.2) is 11.5 Å². The van der Waals surface area contributed by atoms with Gasteiger partial charge in [-0.3, -0.25) is 9.59 Å². The first-order chi connectivity index (χ1) is 15.1. The SMILES string of the molecule is COc1ccc(-c2ccc(=O)n(CCCC(=O)NCc3ccc4c(c3)OCO4)n2)cc1. The average molecular weight is 421 g/mol. The van der Waals surface area contributed by atoms with Gasteiger partial charge >= 0.3 is 0 Å². The van der Waals surface area contributed by atoms with E-state index in [1.165, 1.54) is 10.7 Å². The van der Waals surface area contributed by atoms with Gasteiger partial charge in [-0.2, -0.15) is 5.10 Å². The normalized spacial score (nSPS) is 11.9. The predicted octanol–water partition coefficient (Wildman–Crippen LogP) is 2.74. The Kier molecular flexibility index (Phi) is 6.16. The van der Waals surface area contributed by atoms with Crippen molar-refractivity contribution in [2.24, 2.45) is 0 Å². The van der Waals surface area contributed by atoms with E-state index >= 15 is 0 Å². The fourth-order valence-corrected chi connectivity index (χ4v) is 3.25. The lowest BCUT2D eigenvalue weighted by atomic mass is 10.1. The second-order valence-electron chi connectivity index (χ2n) is 7.08. The van der Waals surface area contributed by atoms with Gasteiger partial charge in [-0.25, -0.2) is 4.68 Å². The molecule has 0 saturated heterocycles. The highest BCUT2D eigenvalue weighted by molar-refractivity contribution is 5.75. The second-order valence-corrected chi connectivity index (χ2v) is 7.08. The summed E-state index contributed by atoms with van der Waals surface area (Å²) >= 11 is 0. The number of nitrogens with one attached hydrogen (secondary N) is 1. The van der Waals surface area contributed by atoms with E-state index in [-0.39, 0.29) is 18.3 Å². The van der Waals surface area contributed by atoms with E-state index in [0.717, 1.165) is 16.9 Å². The molecule has 0 unspecified atom stereocenters. The summed E-state index contributed by atoms with van der Waals surface area (Å²) in [5.41, 5.74) is 2.31. The highest BCUT2D eigenvalue weighted by atomic mass is 16.7. The van der Waals surface area contributed by atoms with Crippen LogP contribution in [-0.4, -0.2) is 29.6 Å². The van der Waals surface area contributed by atoms with Gasteiger partial charge in [0.2, 0.25) is 12.7 Å². The zero-order valence-electron chi connectivity index (χ0n) is 17.2. The summed E-state index contributed by atoms with van der Waals surface area (Å²) in [5, 5.41) is 7.31. The number of methoxy groups -OCH3 is 1. The molecule has 2 aromatic carbocycles. The Hall–Kier alpha value is -3.81. The summed E-state index contributed by atoms with van der Waals surface area (Å²) in [6.07, 6.45) is 0.803. The van der Waals surface area contributed by atoms with Crippen molar-refractivity contribution in [2.45, 2.75) is 25.9 Å². The number of nitrogens with zero attached hydrogens (tertiary/aromatic N) is 2. The third-order valence-electron chi connectivity index (χ3n) is 4.95. The molecule has 1 aliphatic rings. The van der Waals surface area contributed by atoms with Crippen LogP contribution in [0, 0.1) is 0 Å². The molecular formula is C23H23N3O5. The Bertz CT molecular complexity index is 1120. The number of aryl methyl sites for hydroxylation is 1. The summed E-state index contributed by atoms with van der Waals surface area (Å²) < 4.78 is 17.2. The van der Waals surface area contributed by atoms with Crippen LogP contribution in [0.15, 0.2) is 59.4 Å². The van der Waals surface area contributed by atoms with Gasteiger partial charge in [0, 0.05) is 31.1 Å². The molecular weight excluding hydrogens is 398 g/mol. The molecule has 2 heterocycles.